The molecular formula is C20H26N2O2S. The summed E-state index contributed by atoms with van der Waals surface area (Å²) in [6, 6.07) is 15.0. The Morgan fingerprint density at radius 1 is 1.00 bits per heavy atom. The van der Waals surface area contributed by atoms with E-state index in [9.17, 15) is 8.42 Å². The molecule has 0 unspecified atom stereocenters. The van der Waals surface area contributed by atoms with E-state index in [1.54, 1.807) is 6.07 Å². The maximum absolute atomic E-state index is 13.0. The molecule has 0 aromatic heterocycles. The van der Waals surface area contributed by atoms with Gasteiger partial charge >= 0.3 is 0 Å². The first-order valence-corrected chi connectivity index (χ1v) is 10.3. The summed E-state index contributed by atoms with van der Waals surface area (Å²) in [6.45, 7) is 0.605. The quantitative estimate of drug-likeness (QED) is 0.863. The van der Waals surface area contributed by atoms with E-state index in [2.05, 4.69) is 4.72 Å². The molecular weight excluding hydrogens is 332 g/mol. The zero-order chi connectivity index (χ0) is 17.9. The first-order valence-electron chi connectivity index (χ1n) is 8.79. The molecule has 0 heterocycles. The SMILES string of the molecule is CN(C)C[C@@H](NS(=O)(=O)c1ccc2c(c1)CCCC2)c1ccccc1. The molecule has 0 amide bonds. The molecule has 1 atom stereocenters. The molecule has 0 saturated heterocycles. The lowest BCUT2D eigenvalue weighted by Gasteiger charge is -2.23. The number of nitrogens with zero attached hydrogens (tertiary/aromatic N) is 1. The average Bonchev–Trinajstić information content (AvgIpc) is 2.61. The minimum atomic E-state index is -3.56. The molecule has 0 aliphatic heterocycles. The van der Waals surface area contributed by atoms with Crippen molar-refractivity contribution < 1.29 is 8.42 Å². The third-order valence-electron chi connectivity index (χ3n) is 4.68. The van der Waals surface area contributed by atoms with Crippen molar-refractivity contribution in [2.24, 2.45) is 0 Å². The van der Waals surface area contributed by atoms with E-state index in [1.165, 1.54) is 17.5 Å². The van der Waals surface area contributed by atoms with Crippen LogP contribution >= 0.6 is 0 Å². The molecule has 134 valence electrons. The van der Waals surface area contributed by atoms with Gasteiger partial charge in [-0.25, -0.2) is 13.1 Å². The van der Waals surface area contributed by atoms with Crippen LogP contribution in [0.15, 0.2) is 53.4 Å². The first-order chi connectivity index (χ1) is 12.0. The van der Waals surface area contributed by atoms with Crippen molar-refractivity contribution >= 4 is 10.0 Å². The number of aryl methyl sites for hydroxylation is 2. The number of hydrogen-bond acceptors (Lipinski definition) is 3. The smallest absolute Gasteiger partial charge is 0.241 e. The normalized spacial score (nSPS) is 15.8. The fourth-order valence-electron chi connectivity index (χ4n) is 3.39. The Hall–Kier alpha value is -1.69. The Kier molecular flexibility index (Phi) is 5.57. The lowest BCUT2D eigenvalue weighted by atomic mass is 9.92. The average molecular weight is 359 g/mol. The molecule has 3 rings (SSSR count). The molecule has 0 spiro atoms. The van der Waals surface area contributed by atoms with Crippen molar-refractivity contribution in [3.63, 3.8) is 0 Å². The van der Waals surface area contributed by atoms with Crippen LogP contribution in [0.3, 0.4) is 0 Å². The maximum atomic E-state index is 13.0. The van der Waals surface area contributed by atoms with Crippen molar-refractivity contribution in [1.82, 2.24) is 9.62 Å². The third kappa shape index (κ3) is 4.48. The van der Waals surface area contributed by atoms with Crippen LogP contribution in [0.4, 0.5) is 0 Å². The predicted octanol–water partition coefficient (Wildman–Crippen LogP) is 3.15. The molecule has 1 aliphatic rings. The van der Waals surface area contributed by atoms with E-state index in [0.29, 0.717) is 11.4 Å². The summed E-state index contributed by atoms with van der Waals surface area (Å²) < 4.78 is 28.8. The second-order valence-corrected chi connectivity index (χ2v) is 8.70. The Balaban J connectivity index is 1.87. The number of nitrogens with one attached hydrogen (secondary N) is 1. The molecule has 1 N–H and O–H groups in total. The highest BCUT2D eigenvalue weighted by atomic mass is 32.2. The van der Waals surface area contributed by atoms with Gasteiger partial charge in [-0.3, -0.25) is 0 Å². The molecule has 5 heteroatoms. The first kappa shape index (κ1) is 18.1. The standard InChI is InChI=1S/C20H26N2O2S/c1-22(2)15-20(17-9-4-3-5-10-17)21-25(23,24)19-13-12-16-8-6-7-11-18(16)14-19/h3-5,9-10,12-14,20-21H,6-8,11,15H2,1-2H3/t20-/m1/s1. The molecule has 2 aromatic carbocycles. The summed E-state index contributed by atoms with van der Waals surface area (Å²) in [5, 5.41) is 0. The van der Waals surface area contributed by atoms with Gasteiger partial charge in [0.1, 0.15) is 0 Å². The topological polar surface area (TPSA) is 49.4 Å². The van der Waals surface area contributed by atoms with Gasteiger partial charge < -0.3 is 4.90 Å². The van der Waals surface area contributed by atoms with E-state index in [-0.39, 0.29) is 6.04 Å². The van der Waals surface area contributed by atoms with Gasteiger partial charge in [0.05, 0.1) is 10.9 Å². The monoisotopic (exact) mass is 358 g/mol. The summed E-state index contributed by atoms with van der Waals surface area (Å²) in [7, 11) is 0.332. The van der Waals surface area contributed by atoms with Crippen molar-refractivity contribution in [2.75, 3.05) is 20.6 Å². The Morgan fingerprint density at radius 3 is 2.36 bits per heavy atom. The van der Waals surface area contributed by atoms with Crippen LogP contribution < -0.4 is 4.72 Å². The second-order valence-electron chi connectivity index (χ2n) is 6.98. The lowest BCUT2D eigenvalue weighted by molar-refractivity contribution is 0.363. The lowest BCUT2D eigenvalue weighted by Crippen LogP contribution is -2.35. The van der Waals surface area contributed by atoms with Gasteiger partial charge in [0, 0.05) is 6.54 Å². The Labute approximate surface area is 150 Å². The molecule has 0 saturated carbocycles. The van der Waals surface area contributed by atoms with Crippen LogP contribution in [0.1, 0.15) is 35.6 Å². The maximum Gasteiger partial charge on any atom is 0.241 e. The molecule has 25 heavy (non-hydrogen) atoms. The summed E-state index contributed by atoms with van der Waals surface area (Å²) in [5.41, 5.74) is 3.44. The van der Waals surface area contributed by atoms with Crippen molar-refractivity contribution in [3.05, 3.63) is 65.2 Å². The number of likely N-dealkylation sites (N-methyl/N-ethyl adjacent to an activating group) is 1. The minimum absolute atomic E-state index is 0.280. The van der Waals surface area contributed by atoms with Crippen LogP contribution in [0.5, 0.6) is 0 Å². The molecule has 2 aromatic rings. The Bertz CT molecular complexity index is 817. The highest BCUT2D eigenvalue weighted by Gasteiger charge is 2.23. The fourth-order valence-corrected chi connectivity index (χ4v) is 4.66. The third-order valence-corrected chi connectivity index (χ3v) is 6.15. The molecule has 0 fully saturated rings. The van der Waals surface area contributed by atoms with Crippen LogP contribution in [0.25, 0.3) is 0 Å². The molecule has 4 nitrogen and oxygen atoms in total. The van der Waals surface area contributed by atoms with E-state index >= 15 is 0 Å². The van der Waals surface area contributed by atoms with Gasteiger partial charge in [-0.1, -0.05) is 36.4 Å². The second kappa shape index (κ2) is 7.68. The Morgan fingerprint density at radius 2 is 1.68 bits per heavy atom. The number of rotatable bonds is 6. The molecule has 1 aliphatic carbocycles. The van der Waals surface area contributed by atoms with Crippen molar-refractivity contribution in [3.8, 4) is 0 Å². The van der Waals surface area contributed by atoms with Crippen molar-refractivity contribution in [1.29, 1.82) is 0 Å². The highest BCUT2D eigenvalue weighted by Crippen LogP contribution is 2.25. The summed E-state index contributed by atoms with van der Waals surface area (Å²) in [5.74, 6) is 0. The summed E-state index contributed by atoms with van der Waals surface area (Å²) in [4.78, 5) is 2.36. The number of sulfonamides is 1. The van der Waals surface area contributed by atoms with E-state index in [0.717, 1.165) is 24.8 Å². The van der Waals surface area contributed by atoms with Gasteiger partial charge in [0.2, 0.25) is 10.0 Å². The van der Waals surface area contributed by atoms with E-state index in [1.807, 2.05) is 61.5 Å². The fraction of sp³-hybridized carbons (Fsp3) is 0.400. The molecule has 0 radical (unpaired) electrons. The van der Waals surface area contributed by atoms with Crippen LogP contribution in [0, 0.1) is 0 Å². The van der Waals surface area contributed by atoms with Gasteiger partial charge in [0.15, 0.2) is 0 Å². The minimum Gasteiger partial charge on any atom is -0.307 e. The van der Waals surface area contributed by atoms with Gasteiger partial charge in [-0.05, 0) is 68.6 Å². The van der Waals surface area contributed by atoms with Crippen LogP contribution in [-0.2, 0) is 22.9 Å². The summed E-state index contributed by atoms with van der Waals surface area (Å²) in [6.07, 6.45) is 4.35. The largest absolute Gasteiger partial charge is 0.307 e. The van der Waals surface area contributed by atoms with Gasteiger partial charge in [-0.15, -0.1) is 0 Å². The summed E-state index contributed by atoms with van der Waals surface area (Å²) >= 11 is 0. The van der Waals surface area contributed by atoms with Crippen LogP contribution in [-0.4, -0.2) is 34.0 Å². The predicted molar refractivity (Wildman–Crippen MR) is 101 cm³/mol. The number of benzene rings is 2. The zero-order valence-electron chi connectivity index (χ0n) is 14.9. The number of hydrogen-bond donors (Lipinski definition) is 1. The van der Waals surface area contributed by atoms with E-state index in [4.69, 9.17) is 0 Å². The van der Waals surface area contributed by atoms with Crippen LogP contribution in [0.2, 0.25) is 0 Å². The zero-order valence-corrected chi connectivity index (χ0v) is 15.7. The van der Waals surface area contributed by atoms with Gasteiger partial charge in [0.25, 0.3) is 0 Å². The highest BCUT2D eigenvalue weighted by molar-refractivity contribution is 7.89. The van der Waals surface area contributed by atoms with Gasteiger partial charge in [-0.2, -0.15) is 0 Å². The number of fused-ring (bicyclic) bond motifs is 1. The van der Waals surface area contributed by atoms with E-state index < -0.39 is 10.0 Å². The van der Waals surface area contributed by atoms with Crippen molar-refractivity contribution in [2.45, 2.75) is 36.6 Å². The molecule has 0 bridgehead atoms.